The van der Waals surface area contributed by atoms with Crippen molar-refractivity contribution < 1.29 is 14.0 Å². The van der Waals surface area contributed by atoms with Crippen LogP contribution in [0.3, 0.4) is 0 Å². The van der Waals surface area contributed by atoms with Crippen molar-refractivity contribution in [3.63, 3.8) is 0 Å². The van der Waals surface area contributed by atoms with Gasteiger partial charge in [0.25, 0.3) is 0 Å². The lowest BCUT2D eigenvalue weighted by atomic mass is 10.2. The second-order valence-electron chi connectivity index (χ2n) is 3.78. The van der Waals surface area contributed by atoms with Gasteiger partial charge in [0.15, 0.2) is 0 Å². The Balaban J connectivity index is 2.03. The van der Waals surface area contributed by atoms with E-state index in [-0.39, 0.29) is 11.8 Å². The number of carbonyl (C=O) groups is 2. The van der Waals surface area contributed by atoms with Gasteiger partial charge in [0.2, 0.25) is 11.8 Å². The van der Waals surface area contributed by atoms with Crippen molar-refractivity contribution in [2.24, 2.45) is 0 Å². The maximum absolute atomic E-state index is 13.2. The first-order valence-electron chi connectivity index (χ1n) is 5.11. The molecule has 0 bridgehead atoms. The number of hydrogen-bond donors (Lipinski definition) is 2. The van der Waals surface area contributed by atoms with Crippen molar-refractivity contribution in [3.8, 4) is 0 Å². The van der Waals surface area contributed by atoms with E-state index in [0.717, 1.165) is 0 Å². The maximum atomic E-state index is 13.2. The molecule has 1 aliphatic heterocycles. The minimum Gasteiger partial charge on any atom is -0.344 e. The standard InChI is InChI=1S/C11H10BrFN2O2/c12-7-2-1-6(5-8(7)13)14-11(17)9-3-4-10(16)15-9/h1-2,5,9H,3-4H2,(H,14,17)(H,15,16). The molecule has 90 valence electrons. The molecule has 1 saturated heterocycles. The third-order valence-corrected chi connectivity index (χ3v) is 3.14. The Labute approximate surface area is 106 Å². The largest absolute Gasteiger partial charge is 0.344 e. The SMILES string of the molecule is O=C1CCC(C(=O)Nc2ccc(Br)c(F)c2)N1. The molecule has 0 saturated carbocycles. The molecule has 6 heteroatoms. The van der Waals surface area contributed by atoms with E-state index in [2.05, 4.69) is 26.6 Å². The molecular weight excluding hydrogens is 291 g/mol. The Morgan fingerprint density at radius 3 is 2.88 bits per heavy atom. The number of halogens is 2. The summed E-state index contributed by atoms with van der Waals surface area (Å²) in [6, 6.07) is 3.80. The topological polar surface area (TPSA) is 58.2 Å². The molecule has 0 aromatic heterocycles. The van der Waals surface area contributed by atoms with Crippen molar-refractivity contribution in [1.82, 2.24) is 5.32 Å². The third-order valence-electron chi connectivity index (χ3n) is 2.50. The van der Waals surface area contributed by atoms with Gasteiger partial charge in [-0.2, -0.15) is 0 Å². The van der Waals surface area contributed by atoms with Crippen LogP contribution in [0.5, 0.6) is 0 Å². The molecule has 1 fully saturated rings. The van der Waals surface area contributed by atoms with Crippen LogP contribution in [0, 0.1) is 5.82 Å². The fourth-order valence-electron chi connectivity index (χ4n) is 1.61. The monoisotopic (exact) mass is 300 g/mol. The molecular formula is C11H10BrFN2O2. The van der Waals surface area contributed by atoms with E-state index in [1.54, 1.807) is 6.07 Å². The highest BCUT2D eigenvalue weighted by atomic mass is 79.9. The summed E-state index contributed by atoms with van der Waals surface area (Å²) >= 11 is 3.03. The molecule has 0 spiro atoms. The molecule has 1 atom stereocenters. The van der Waals surface area contributed by atoms with E-state index in [0.29, 0.717) is 23.0 Å². The van der Waals surface area contributed by atoms with E-state index in [1.807, 2.05) is 0 Å². The predicted octanol–water partition coefficient (Wildman–Crippen LogP) is 1.81. The highest BCUT2D eigenvalue weighted by Gasteiger charge is 2.27. The van der Waals surface area contributed by atoms with Crippen molar-refractivity contribution >= 4 is 33.4 Å². The summed E-state index contributed by atoms with van der Waals surface area (Å²) in [5.41, 5.74) is 0.372. The first-order chi connectivity index (χ1) is 8.06. The molecule has 2 amide bonds. The van der Waals surface area contributed by atoms with E-state index < -0.39 is 11.9 Å². The maximum Gasteiger partial charge on any atom is 0.246 e. The number of nitrogens with one attached hydrogen (secondary N) is 2. The first-order valence-corrected chi connectivity index (χ1v) is 5.91. The minimum atomic E-state index is -0.519. The normalized spacial score (nSPS) is 18.9. The van der Waals surface area contributed by atoms with Crippen LogP contribution < -0.4 is 10.6 Å². The van der Waals surface area contributed by atoms with Crippen LogP contribution in [-0.4, -0.2) is 17.9 Å². The van der Waals surface area contributed by atoms with Gasteiger partial charge in [-0.3, -0.25) is 9.59 Å². The summed E-state index contributed by atoms with van der Waals surface area (Å²) in [6.07, 6.45) is 0.830. The highest BCUT2D eigenvalue weighted by molar-refractivity contribution is 9.10. The molecule has 1 unspecified atom stereocenters. The van der Waals surface area contributed by atoms with Crippen LogP contribution in [0.1, 0.15) is 12.8 Å². The molecule has 4 nitrogen and oxygen atoms in total. The van der Waals surface area contributed by atoms with Gasteiger partial charge in [0, 0.05) is 12.1 Å². The van der Waals surface area contributed by atoms with E-state index in [4.69, 9.17) is 0 Å². The number of rotatable bonds is 2. The quantitative estimate of drug-likeness (QED) is 0.875. The molecule has 0 radical (unpaired) electrons. The highest BCUT2D eigenvalue weighted by Crippen LogP contribution is 2.20. The van der Waals surface area contributed by atoms with Crippen LogP contribution in [0.2, 0.25) is 0 Å². The van der Waals surface area contributed by atoms with Gasteiger partial charge >= 0.3 is 0 Å². The van der Waals surface area contributed by atoms with E-state index >= 15 is 0 Å². The van der Waals surface area contributed by atoms with Crippen LogP contribution in [0.15, 0.2) is 22.7 Å². The van der Waals surface area contributed by atoms with Crippen molar-refractivity contribution in [3.05, 3.63) is 28.5 Å². The zero-order valence-corrected chi connectivity index (χ0v) is 10.4. The number of benzene rings is 1. The summed E-state index contributed by atoms with van der Waals surface area (Å²) in [5.74, 6) is -0.900. The summed E-state index contributed by atoms with van der Waals surface area (Å²) in [5, 5.41) is 5.10. The lowest BCUT2D eigenvalue weighted by molar-refractivity contribution is -0.122. The molecule has 17 heavy (non-hydrogen) atoms. The van der Waals surface area contributed by atoms with Gasteiger partial charge in [0.05, 0.1) is 4.47 Å². The second kappa shape index (κ2) is 4.83. The average molecular weight is 301 g/mol. The van der Waals surface area contributed by atoms with Gasteiger partial charge in [-0.05, 0) is 40.5 Å². The predicted molar refractivity (Wildman–Crippen MR) is 63.9 cm³/mol. The Hall–Kier alpha value is -1.43. The first kappa shape index (κ1) is 12.0. The summed E-state index contributed by atoms with van der Waals surface area (Å²) in [4.78, 5) is 22.6. The Morgan fingerprint density at radius 1 is 1.53 bits per heavy atom. The lowest BCUT2D eigenvalue weighted by Gasteiger charge is -2.11. The summed E-state index contributed by atoms with van der Waals surface area (Å²) in [6.45, 7) is 0. The summed E-state index contributed by atoms with van der Waals surface area (Å²) in [7, 11) is 0. The van der Waals surface area contributed by atoms with Gasteiger partial charge in [-0.15, -0.1) is 0 Å². The Bertz CT molecular complexity index is 479. The number of hydrogen-bond acceptors (Lipinski definition) is 2. The molecule has 2 N–H and O–H groups in total. The zero-order valence-electron chi connectivity index (χ0n) is 8.80. The van der Waals surface area contributed by atoms with E-state index in [9.17, 15) is 14.0 Å². The number of anilines is 1. The molecule has 2 rings (SSSR count). The van der Waals surface area contributed by atoms with Gasteiger partial charge in [-0.1, -0.05) is 0 Å². The Kier molecular flexibility index (Phi) is 3.42. The summed E-state index contributed by atoms with van der Waals surface area (Å²) < 4.78 is 13.5. The molecule has 1 aromatic rings. The van der Waals surface area contributed by atoms with Crippen LogP contribution in [0.4, 0.5) is 10.1 Å². The minimum absolute atomic E-state index is 0.132. The van der Waals surface area contributed by atoms with Crippen LogP contribution >= 0.6 is 15.9 Å². The van der Waals surface area contributed by atoms with Gasteiger partial charge in [0.1, 0.15) is 11.9 Å². The number of amides is 2. The second-order valence-corrected chi connectivity index (χ2v) is 4.63. The zero-order chi connectivity index (χ0) is 12.4. The fraction of sp³-hybridized carbons (Fsp3) is 0.273. The van der Waals surface area contributed by atoms with Gasteiger partial charge < -0.3 is 10.6 Å². The Morgan fingerprint density at radius 2 is 2.29 bits per heavy atom. The third kappa shape index (κ3) is 2.82. The van der Waals surface area contributed by atoms with Crippen LogP contribution in [-0.2, 0) is 9.59 Å². The smallest absolute Gasteiger partial charge is 0.246 e. The molecule has 1 heterocycles. The fourth-order valence-corrected chi connectivity index (χ4v) is 1.86. The van der Waals surface area contributed by atoms with Crippen molar-refractivity contribution in [1.29, 1.82) is 0 Å². The number of carbonyl (C=O) groups excluding carboxylic acids is 2. The van der Waals surface area contributed by atoms with Crippen molar-refractivity contribution in [2.75, 3.05) is 5.32 Å². The average Bonchev–Trinajstić information content (AvgIpc) is 2.70. The van der Waals surface area contributed by atoms with Gasteiger partial charge in [-0.25, -0.2) is 4.39 Å². The van der Waals surface area contributed by atoms with Crippen molar-refractivity contribution in [2.45, 2.75) is 18.9 Å². The molecule has 1 aromatic carbocycles. The lowest BCUT2D eigenvalue weighted by Crippen LogP contribution is -2.37. The van der Waals surface area contributed by atoms with Crippen LogP contribution in [0.25, 0.3) is 0 Å². The molecule has 0 aliphatic carbocycles. The molecule has 1 aliphatic rings. The van der Waals surface area contributed by atoms with E-state index in [1.165, 1.54) is 12.1 Å².